The predicted molar refractivity (Wildman–Crippen MR) is 204 cm³/mol. The van der Waals surface area contributed by atoms with Crippen LogP contribution < -0.4 is 10.5 Å². The first-order valence-corrected chi connectivity index (χ1v) is 20.4. The zero-order valence-corrected chi connectivity index (χ0v) is 31.1. The summed E-state index contributed by atoms with van der Waals surface area (Å²) in [7, 11) is -1.78. The van der Waals surface area contributed by atoms with Crippen molar-refractivity contribution in [2.75, 3.05) is 32.4 Å². The quantitative estimate of drug-likeness (QED) is 0.199. The number of hydrogen-bond donors (Lipinski definition) is 2. The van der Waals surface area contributed by atoms with E-state index in [4.69, 9.17) is 38.9 Å². The van der Waals surface area contributed by atoms with E-state index in [2.05, 4.69) is 21.7 Å². The standard InChI is InChI=1S/C40H44Cl2N6O2S/c1-48-21-6-9-25(18-22-48)26-16-19-40(20-17-26)30-23-44-37(33-38(34(30)40)45-24-46-39(33)43)29-14-12-28(13-15-29)36(27-7-3-2-4-8-27)47-51(49,50)32-11-5-10-31(41)35(32)42/h2-5,7-8,10-15,24-26,30,34,36,47H,6,9,16-23H2,1H3,(H2,43,45,46)/t25-,26?,30?,34?,36?,40?/m1/s1. The Balaban J connectivity index is 1.06. The summed E-state index contributed by atoms with van der Waals surface area (Å²) in [5, 5.41) is 0.159. The molecule has 3 N–H and O–H groups in total. The molecule has 3 unspecified atom stereocenters. The van der Waals surface area contributed by atoms with E-state index >= 15 is 0 Å². The Labute approximate surface area is 310 Å². The maximum Gasteiger partial charge on any atom is 0.242 e. The summed E-state index contributed by atoms with van der Waals surface area (Å²) in [5.74, 6) is 2.93. The molecule has 2 aliphatic heterocycles. The minimum Gasteiger partial charge on any atom is -0.383 e. The maximum atomic E-state index is 13.7. The first kappa shape index (κ1) is 34.7. The Kier molecular flexibility index (Phi) is 9.46. The van der Waals surface area contributed by atoms with Gasteiger partial charge in [0.2, 0.25) is 10.0 Å². The smallest absolute Gasteiger partial charge is 0.242 e. The van der Waals surface area contributed by atoms with Crippen molar-refractivity contribution in [1.29, 1.82) is 0 Å². The Hall–Kier alpha value is -3.34. The second-order valence-electron chi connectivity index (χ2n) is 15.0. The van der Waals surface area contributed by atoms with Crippen LogP contribution >= 0.6 is 23.2 Å². The molecule has 3 heterocycles. The SMILES string of the molecule is CN1CCC[C@@H](C2CCC3(CC2)C2CN=C(c4ccc(C(NS(=O)(=O)c5cccc(Cl)c5Cl)c5ccccc5)cc4)c4c(N)ncnc4C23)CC1. The molecule has 11 heteroatoms. The van der Waals surface area contributed by atoms with Gasteiger partial charge in [0.15, 0.2) is 0 Å². The molecule has 3 fully saturated rings. The molecule has 8 nitrogen and oxygen atoms in total. The van der Waals surface area contributed by atoms with Crippen molar-refractivity contribution in [3.63, 3.8) is 0 Å². The average Bonchev–Trinajstić information content (AvgIpc) is 3.85. The number of nitrogens with one attached hydrogen (secondary N) is 1. The van der Waals surface area contributed by atoms with Crippen LogP contribution in [-0.4, -0.2) is 55.7 Å². The molecule has 4 atom stereocenters. The highest BCUT2D eigenvalue weighted by atomic mass is 35.5. The van der Waals surface area contributed by atoms with Crippen molar-refractivity contribution in [2.24, 2.45) is 28.2 Å². The number of halogens is 2. The van der Waals surface area contributed by atoms with Crippen LogP contribution in [0.2, 0.25) is 10.0 Å². The fourth-order valence-corrected chi connectivity index (χ4v) is 11.5. The second kappa shape index (κ2) is 13.9. The molecule has 3 aromatic carbocycles. The van der Waals surface area contributed by atoms with Crippen LogP contribution in [0.25, 0.3) is 0 Å². The molecule has 1 aromatic heterocycles. The van der Waals surface area contributed by atoms with Gasteiger partial charge in [0.05, 0.1) is 33.1 Å². The summed E-state index contributed by atoms with van der Waals surface area (Å²) in [5.41, 5.74) is 12.0. The average molecular weight is 744 g/mol. The van der Waals surface area contributed by atoms with Crippen molar-refractivity contribution in [1.82, 2.24) is 19.6 Å². The zero-order chi connectivity index (χ0) is 35.3. The largest absolute Gasteiger partial charge is 0.383 e. The van der Waals surface area contributed by atoms with Crippen LogP contribution in [0.15, 0.2) is 89.0 Å². The lowest BCUT2D eigenvalue weighted by molar-refractivity contribution is 0.166. The van der Waals surface area contributed by atoms with Gasteiger partial charge >= 0.3 is 0 Å². The number of anilines is 1. The topological polar surface area (TPSA) is 114 Å². The molecule has 0 amide bonds. The van der Waals surface area contributed by atoms with Gasteiger partial charge < -0.3 is 10.6 Å². The summed E-state index contributed by atoms with van der Waals surface area (Å²) >= 11 is 12.5. The van der Waals surface area contributed by atoms with Gasteiger partial charge in [-0.25, -0.2) is 18.4 Å². The third-order valence-corrected chi connectivity index (χ3v) is 14.7. The van der Waals surface area contributed by atoms with Gasteiger partial charge in [-0.1, -0.05) is 83.9 Å². The van der Waals surface area contributed by atoms with Gasteiger partial charge in [-0.05, 0) is 112 Å². The number of aliphatic imine (C=N–C) groups is 1. The first-order chi connectivity index (χ1) is 24.7. The number of benzene rings is 3. The molecule has 51 heavy (non-hydrogen) atoms. The van der Waals surface area contributed by atoms with Crippen LogP contribution in [0.5, 0.6) is 0 Å². The molecule has 2 aliphatic carbocycles. The molecular formula is C40H44Cl2N6O2S. The molecule has 0 bridgehead atoms. The van der Waals surface area contributed by atoms with Crippen LogP contribution in [0.4, 0.5) is 5.82 Å². The number of fused-ring (bicyclic) bond motifs is 5. The lowest BCUT2D eigenvalue weighted by Crippen LogP contribution is -2.29. The molecule has 4 aromatic rings. The highest BCUT2D eigenvalue weighted by Gasteiger charge is 2.66. The van der Waals surface area contributed by atoms with Gasteiger partial charge in [0, 0.05) is 18.0 Å². The molecular weight excluding hydrogens is 699 g/mol. The van der Waals surface area contributed by atoms with Crippen LogP contribution in [0.1, 0.15) is 84.9 Å². The highest BCUT2D eigenvalue weighted by Crippen LogP contribution is 2.72. The van der Waals surface area contributed by atoms with Crippen molar-refractivity contribution >= 4 is 44.8 Å². The zero-order valence-electron chi connectivity index (χ0n) is 28.8. The number of nitrogens with zero attached hydrogens (tertiary/aromatic N) is 4. The second-order valence-corrected chi connectivity index (χ2v) is 17.5. The summed E-state index contributed by atoms with van der Waals surface area (Å²) < 4.78 is 30.2. The molecule has 4 aliphatic rings. The van der Waals surface area contributed by atoms with Gasteiger partial charge in [0.25, 0.3) is 0 Å². The van der Waals surface area contributed by atoms with Crippen molar-refractivity contribution in [2.45, 2.75) is 61.8 Å². The molecule has 1 spiro atoms. The van der Waals surface area contributed by atoms with Gasteiger partial charge in [-0.15, -0.1) is 0 Å². The molecule has 1 saturated heterocycles. The van der Waals surface area contributed by atoms with Crippen molar-refractivity contribution < 1.29 is 8.42 Å². The van der Waals surface area contributed by atoms with E-state index in [0.717, 1.165) is 52.0 Å². The van der Waals surface area contributed by atoms with E-state index in [-0.39, 0.29) is 20.4 Å². The highest BCUT2D eigenvalue weighted by molar-refractivity contribution is 7.89. The number of likely N-dealkylation sites (tertiary alicyclic amines) is 1. The van der Waals surface area contributed by atoms with Crippen molar-refractivity contribution in [3.05, 3.63) is 117 Å². The summed E-state index contributed by atoms with van der Waals surface area (Å²) in [6.45, 7) is 3.19. The van der Waals surface area contributed by atoms with Crippen LogP contribution in [-0.2, 0) is 10.0 Å². The Morgan fingerprint density at radius 1 is 0.882 bits per heavy atom. The van der Waals surface area contributed by atoms with E-state index < -0.39 is 16.1 Å². The molecule has 2 saturated carbocycles. The van der Waals surface area contributed by atoms with E-state index in [1.807, 2.05) is 54.6 Å². The van der Waals surface area contributed by atoms with E-state index in [9.17, 15) is 8.42 Å². The Morgan fingerprint density at radius 2 is 1.61 bits per heavy atom. The Bertz CT molecular complexity index is 2050. The lowest BCUT2D eigenvalue weighted by atomic mass is 9.70. The van der Waals surface area contributed by atoms with E-state index in [0.29, 0.717) is 17.7 Å². The van der Waals surface area contributed by atoms with Gasteiger partial charge in [-0.3, -0.25) is 4.99 Å². The number of nitrogen functional groups attached to an aromatic ring is 1. The number of aromatic nitrogens is 2. The van der Waals surface area contributed by atoms with E-state index in [1.54, 1.807) is 18.5 Å². The minimum atomic E-state index is -4.04. The predicted octanol–water partition coefficient (Wildman–Crippen LogP) is 7.91. The number of rotatable bonds is 7. The Morgan fingerprint density at radius 3 is 2.37 bits per heavy atom. The maximum absolute atomic E-state index is 13.7. The third-order valence-electron chi connectivity index (χ3n) is 12.3. The fourth-order valence-electron chi connectivity index (χ4n) is 9.51. The van der Waals surface area contributed by atoms with Crippen LogP contribution in [0, 0.1) is 23.2 Å². The van der Waals surface area contributed by atoms with Gasteiger partial charge in [0.1, 0.15) is 17.0 Å². The number of hydrogen-bond acceptors (Lipinski definition) is 7. The fraction of sp³-hybridized carbons (Fsp3) is 0.425. The lowest BCUT2D eigenvalue weighted by Gasteiger charge is -2.35. The molecule has 266 valence electrons. The normalized spacial score (nSPS) is 27.1. The monoisotopic (exact) mass is 742 g/mol. The van der Waals surface area contributed by atoms with Crippen LogP contribution in [0.3, 0.4) is 0 Å². The van der Waals surface area contributed by atoms with Crippen molar-refractivity contribution in [3.8, 4) is 0 Å². The molecule has 0 radical (unpaired) electrons. The van der Waals surface area contributed by atoms with E-state index in [1.165, 1.54) is 64.1 Å². The third kappa shape index (κ3) is 6.50. The first-order valence-electron chi connectivity index (χ1n) is 18.1. The van der Waals surface area contributed by atoms with Gasteiger partial charge in [-0.2, -0.15) is 4.72 Å². The summed E-state index contributed by atoms with van der Waals surface area (Å²) in [6.07, 6.45) is 10.7. The minimum absolute atomic E-state index is 0.0146. The number of sulfonamides is 1. The number of nitrogens with two attached hydrogens (primary N) is 1. The molecule has 8 rings (SSSR count). The summed E-state index contributed by atoms with van der Waals surface area (Å²) in [4.78, 5) is 17.0. The summed E-state index contributed by atoms with van der Waals surface area (Å²) in [6, 6.07) is 21.2.